The molecular weight excluding hydrogens is 392 g/mol. The lowest BCUT2D eigenvalue weighted by molar-refractivity contribution is -0.138. The molecule has 2 aliphatic rings. The van der Waals surface area contributed by atoms with E-state index in [9.17, 15) is 9.59 Å². The van der Waals surface area contributed by atoms with Crippen molar-refractivity contribution in [2.24, 2.45) is 5.92 Å². The van der Waals surface area contributed by atoms with Gasteiger partial charge in [0.2, 0.25) is 11.9 Å². The number of H-pyrrole nitrogens is 1. The fraction of sp³-hybridized carbons (Fsp3) is 0.652. The van der Waals surface area contributed by atoms with Crippen molar-refractivity contribution in [3.05, 3.63) is 28.3 Å². The number of rotatable bonds is 4. The Hall–Kier alpha value is -2.48. The summed E-state index contributed by atoms with van der Waals surface area (Å²) in [6.07, 6.45) is 5.38. The Morgan fingerprint density at radius 1 is 1.19 bits per heavy atom. The van der Waals surface area contributed by atoms with Crippen molar-refractivity contribution >= 4 is 22.8 Å². The zero-order valence-electron chi connectivity index (χ0n) is 19.1. The standard InChI is InChI=1S/C23H34N6O2/c1-15(2)28-10-7-16(8-11-28)22(31)29-9-5-6-17(14-29)19-12-20-18(21(30)25-19)13-24-23(26-20)27(3)4/h12-13,15-17H,5-11,14H2,1-4H3,(H,25,30). The van der Waals surface area contributed by atoms with Crippen molar-refractivity contribution in [1.29, 1.82) is 0 Å². The lowest BCUT2D eigenvalue weighted by Gasteiger charge is -2.38. The van der Waals surface area contributed by atoms with Gasteiger partial charge in [-0.05, 0) is 58.7 Å². The van der Waals surface area contributed by atoms with Crippen molar-refractivity contribution < 1.29 is 4.79 Å². The number of pyridine rings is 1. The van der Waals surface area contributed by atoms with E-state index in [-0.39, 0.29) is 23.3 Å². The molecule has 2 saturated heterocycles. The second-order valence-corrected chi connectivity index (χ2v) is 9.44. The first-order valence-electron chi connectivity index (χ1n) is 11.4. The van der Waals surface area contributed by atoms with Crippen molar-refractivity contribution in [1.82, 2.24) is 24.8 Å². The molecule has 0 aromatic carbocycles. The van der Waals surface area contributed by atoms with Gasteiger partial charge >= 0.3 is 0 Å². The van der Waals surface area contributed by atoms with E-state index in [1.165, 1.54) is 0 Å². The molecule has 1 amide bonds. The molecule has 1 atom stereocenters. The molecule has 2 aromatic heterocycles. The van der Waals surface area contributed by atoms with Crippen LogP contribution in [0.2, 0.25) is 0 Å². The van der Waals surface area contributed by atoms with Crippen LogP contribution >= 0.6 is 0 Å². The molecule has 0 saturated carbocycles. The molecule has 0 bridgehead atoms. The van der Waals surface area contributed by atoms with Crippen LogP contribution in [0.3, 0.4) is 0 Å². The second-order valence-electron chi connectivity index (χ2n) is 9.44. The highest BCUT2D eigenvalue weighted by Gasteiger charge is 2.32. The number of carbonyl (C=O) groups excluding carboxylic acids is 1. The molecule has 0 aliphatic carbocycles. The highest BCUT2D eigenvalue weighted by molar-refractivity contribution is 5.80. The van der Waals surface area contributed by atoms with Crippen molar-refractivity contribution in [2.75, 3.05) is 45.2 Å². The van der Waals surface area contributed by atoms with Crippen LogP contribution in [0.4, 0.5) is 5.95 Å². The summed E-state index contributed by atoms with van der Waals surface area (Å²) >= 11 is 0. The molecule has 1 N–H and O–H groups in total. The molecule has 0 radical (unpaired) electrons. The molecule has 8 heteroatoms. The Balaban J connectivity index is 1.50. The molecule has 1 unspecified atom stereocenters. The minimum atomic E-state index is -0.165. The summed E-state index contributed by atoms with van der Waals surface area (Å²) in [5.74, 6) is 1.12. The van der Waals surface area contributed by atoms with E-state index in [0.717, 1.165) is 51.0 Å². The number of nitrogens with zero attached hydrogens (tertiary/aromatic N) is 5. The number of piperidine rings is 2. The molecule has 168 valence electrons. The first-order valence-corrected chi connectivity index (χ1v) is 11.4. The third-order valence-electron chi connectivity index (χ3n) is 6.78. The summed E-state index contributed by atoms with van der Waals surface area (Å²) in [5, 5.41) is 0.495. The van der Waals surface area contributed by atoms with E-state index >= 15 is 0 Å². The lowest BCUT2D eigenvalue weighted by atomic mass is 9.90. The minimum absolute atomic E-state index is 0.125. The number of hydrogen-bond acceptors (Lipinski definition) is 6. The molecule has 8 nitrogen and oxygen atoms in total. The monoisotopic (exact) mass is 426 g/mol. The SMILES string of the molecule is CC(C)N1CCC(C(=O)N2CCCC(c3cc4nc(N(C)C)ncc4c(=O)[nH]3)C2)CC1. The first-order chi connectivity index (χ1) is 14.8. The highest BCUT2D eigenvalue weighted by Crippen LogP contribution is 2.29. The van der Waals surface area contributed by atoms with E-state index in [0.29, 0.717) is 29.4 Å². The third-order valence-corrected chi connectivity index (χ3v) is 6.78. The summed E-state index contributed by atoms with van der Waals surface area (Å²) in [7, 11) is 3.76. The summed E-state index contributed by atoms with van der Waals surface area (Å²) < 4.78 is 0. The summed E-state index contributed by atoms with van der Waals surface area (Å²) in [6.45, 7) is 7.90. The fourth-order valence-corrected chi connectivity index (χ4v) is 4.84. The van der Waals surface area contributed by atoms with Crippen LogP contribution in [0.1, 0.15) is 51.1 Å². The smallest absolute Gasteiger partial charge is 0.259 e. The molecule has 4 rings (SSSR count). The van der Waals surface area contributed by atoms with Crippen LogP contribution in [0.15, 0.2) is 17.1 Å². The number of nitrogens with one attached hydrogen (secondary N) is 1. The molecule has 2 aromatic rings. The van der Waals surface area contributed by atoms with E-state index in [2.05, 4.69) is 33.7 Å². The van der Waals surface area contributed by atoms with Gasteiger partial charge in [-0.2, -0.15) is 0 Å². The fourth-order valence-electron chi connectivity index (χ4n) is 4.84. The number of aromatic amines is 1. The summed E-state index contributed by atoms with van der Waals surface area (Å²) in [6, 6.07) is 2.50. The van der Waals surface area contributed by atoms with E-state index in [4.69, 9.17) is 0 Å². The predicted octanol–water partition coefficient (Wildman–Crippen LogP) is 2.21. The number of likely N-dealkylation sites (tertiary alicyclic amines) is 2. The topological polar surface area (TPSA) is 85.4 Å². The molecule has 0 spiro atoms. The quantitative estimate of drug-likeness (QED) is 0.807. The zero-order valence-corrected chi connectivity index (χ0v) is 19.1. The Labute approximate surface area is 183 Å². The number of anilines is 1. The van der Waals surface area contributed by atoms with Gasteiger partial charge in [-0.15, -0.1) is 0 Å². The Kier molecular flexibility index (Phi) is 6.27. The number of hydrogen-bond donors (Lipinski definition) is 1. The van der Waals surface area contributed by atoms with Crippen molar-refractivity contribution in [3.8, 4) is 0 Å². The number of fused-ring (bicyclic) bond motifs is 1. The van der Waals surface area contributed by atoms with Gasteiger partial charge < -0.3 is 19.7 Å². The van der Waals surface area contributed by atoms with Gasteiger partial charge in [0.1, 0.15) is 0 Å². The summed E-state index contributed by atoms with van der Waals surface area (Å²) in [5.41, 5.74) is 1.36. The van der Waals surface area contributed by atoms with Crippen LogP contribution in [-0.2, 0) is 4.79 Å². The van der Waals surface area contributed by atoms with Crippen molar-refractivity contribution in [2.45, 2.75) is 51.5 Å². The maximum Gasteiger partial charge on any atom is 0.259 e. The van der Waals surface area contributed by atoms with Gasteiger partial charge in [0.25, 0.3) is 5.56 Å². The molecule has 4 heterocycles. The second kappa shape index (κ2) is 8.94. The van der Waals surface area contributed by atoms with Gasteiger partial charge in [0.05, 0.1) is 10.9 Å². The van der Waals surface area contributed by atoms with Gasteiger partial charge in [-0.25, -0.2) is 9.97 Å². The van der Waals surface area contributed by atoms with Gasteiger partial charge in [0, 0.05) is 57.0 Å². The number of aromatic nitrogens is 3. The average Bonchev–Trinajstić information content (AvgIpc) is 2.78. The zero-order chi connectivity index (χ0) is 22.1. The summed E-state index contributed by atoms with van der Waals surface area (Å²) in [4.78, 5) is 44.0. The van der Waals surface area contributed by atoms with Crippen LogP contribution in [0.5, 0.6) is 0 Å². The van der Waals surface area contributed by atoms with Crippen molar-refractivity contribution in [3.63, 3.8) is 0 Å². The number of amides is 1. The van der Waals surface area contributed by atoms with E-state index in [1.54, 1.807) is 6.20 Å². The lowest BCUT2D eigenvalue weighted by Crippen LogP contribution is -2.47. The van der Waals surface area contributed by atoms with Crippen LogP contribution in [0.25, 0.3) is 10.9 Å². The maximum atomic E-state index is 13.2. The number of carbonyl (C=O) groups is 1. The van der Waals surface area contributed by atoms with Crippen LogP contribution in [-0.4, -0.2) is 77.0 Å². The van der Waals surface area contributed by atoms with E-state index < -0.39 is 0 Å². The van der Waals surface area contributed by atoms with Gasteiger partial charge in [0.15, 0.2) is 0 Å². The van der Waals surface area contributed by atoms with Gasteiger partial charge in [-0.3, -0.25) is 9.59 Å². The molecule has 2 aliphatic heterocycles. The van der Waals surface area contributed by atoms with Crippen LogP contribution in [0, 0.1) is 5.92 Å². The normalized spacial score (nSPS) is 21.1. The minimum Gasteiger partial charge on any atom is -0.347 e. The Bertz CT molecular complexity index is 993. The largest absolute Gasteiger partial charge is 0.347 e. The first kappa shape index (κ1) is 21.7. The maximum absolute atomic E-state index is 13.2. The Morgan fingerprint density at radius 3 is 2.61 bits per heavy atom. The molecular formula is C23H34N6O2. The Morgan fingerprint density at radius 2 is 1.94 bits per heavy atom. The van der Waals surface area contributed by atoms with Crippen LogP contribution < -0.4 is 10.5 Å². The molecule has 2 fully saturated rings. The highest BCUT2D eigenvalue weighted by atomic mass is 16.2. The third kappa shape index (κ3) is 4.59. The average molecular weight is 427 g/mol. The molecule has 31 heavy (non-hydrogen) atoms. The van der Waals surface area contributed by atoms with E-state index in [1.807, 2.05) is 30.0 Å². The predicted molar refractivity (Wildman–Crippen MR) is 122 cm³/mol. The van der Waals surface area contributed by atoms with Gasteiger partial charge in [-0.1, -0.05) is 0 Å².